The van der Waals surface area contributed by atoms with E-state index in [1.54, 1.807) is 18.2 Å². The number of halogens is 3. The zero-order chi connectivity index (χ0) is 24.7. The van der Waals surface area contributed by atoms with Crippen LogP contribution in [0, 0.1) is 0 Å². The van der Waals surface area contributed by atoms with Crippen molar-refractivity contribution in [1.82, 2.24) is 9.97 Å². The molecule has 1 aliphatic rings. The number of ether oxygens (including phenoxy) is 1. The molecule has 3 aromatic rings. The van der Waals surface area contributed by atoms with Crippen molar-refractivity contribution in [2.45, 2.75) is 64.0 Å². The largest absolute Gasteiger partial charge is 0.494 e. The number of alkyl halides is 3. The highest BCUT2D eigenvalue weighted by Crippen LogP contribution is 2.37. The zero-order valence-electron chi connectivity index (χ0n) is 19.9. The number of anilines is 4. The van der Waals surface area contributed by atoms with E-state index in [1.165, 1.54) is 12.8 Å². The van der Waals surface area contributed by atoms with Gasteiger partial charge in [0, 0.05) is 17.6 Å². The topological polar surface area (TPSA) is 59.1 Å². The van der Waals surface area contributed by atoms with Crippen LogP contribution < -0.4 is 15.4 Å². The van der Waals surface area contributed by atoms with Gasteiger partial charge in [-0.2, -0.15) is 18.2 Å². The van der Waals surface area contributed by atoms with Crippen LogP contribution in [-0.4, -0.2) is 16.6 Å². The summed E-state index contributed by atoms with van der Waals surface area (Å²) in [4.78, 5) is 8.07. The summed E-state index contributed by atoms with van der Waals surface area (Å²) < 4.78 is 46.7. The highest BCUT2D eigenvalue weighted by molar-refractivity contribution is 5.63. The van der Waals surface area contributed by atoms with Crippen molar-refractivity contribution < 1.29 is 17.9 Å². The molecule has 2 N–H and O–H groups in total. The fourth-order valence-corrected chi connectivity index (χ4v) is 4.32. The lowest BCUT2D eigenvalue weighted by atomic mass is 9.97. The number of unbranched alkanes of at least 4 members (excludes halogenated alkanes) is 2. The molecule has 186 valence electrons. The Balaban J connectivity index is 1.50. The fourth-order valence-electron chi connectivity index (χ4n) is 4.32. The van der Waals surface area contributed by atoms with Crippen molar-refractivity contribution in [3.8, 4) is 5.75 Å². The Hall–Kier alpha value is -3.29. The Kier molecular flexibility index (Phi) is 8.10. The van der Waals surface area contributed by atoms with Gasteiger partial charge >= 0.3 is 6.18 Å². The summed E-state index contributed by atoms with van der Waals surface area (Å²) in [5.74, 6) is 0.989. The first kappa shape index (κ1) is 24.8. The van der Waals surface area contributed by atoms with Gasteiger partial charge in [-0.15, -0.1) is 0 Å². The van der Waals surface area contributed by atoms with Gasteiger partial charge < -0.3 is 15.4 Å². The van der Waals surface area contributed by atoms with Crippen LogP contribution in [-0.2, 0) is 6.18 Å². The SMILES string of the molecule is CCCCCOc1ccc(Nc2ncc(C(F)(F)F)c(Nc3cccc(C4CCCC4)c3)n2)cc1. The van der Waals surface area contributed by atoms with Crippen molar-refractivity contribution in [3.05, 3.63) is 65.9 Å². The molecule has 0 atom stereocenters. The molecule has 1 aromatic heterocycles. The van der Waals surface area contributed by atoms with E-state index in [0.717, 1.165) is 49.6 Å². The summed E-state index contributed by atoms with van der Waals surface area (Å²) in [6, 6.07) is 14.8. The van der Waals surface area contributed by atoms with Crippen LogP contribution in [0.25, 0.3) is 0 Å². The Bertz CT molecular complexity index is 1100. The monoisotopic (exact) mass is 484 g/mol. The van der Waals surface area contributed by atoms with E-state index in [0.29, 0.717) is 23.9 Å². The summed E-state index contributed by atoms with van der Waals surface area (Å²) in [6.45, 7) is 2.79. The predicted octanol–water partition coefficient (Wildman–Crippen LogP) is 8.21. The predicted molar refractivity (Wildman–Crippen MR) is 133 cm³/mol. The van der Waals surface area contributed by atoms with Crippen LogP contribution in [0.3, 0.4) is 0 Å². The van der Waals surface area contributed by atoms with E-state index in [2.05, 4.69) is 27.5 Å². The molecule has 2 aromatic carbocycles. The van der Waals surface area contributed by atoms with Crippen LogP contribution in [0.2, 0.25) is 0 Å². The molecule has 0 saturated heterocycles. The zero-order valence-corrected chi connectivity index (χ0v) is 19.9. The quantitative estimate of drug-likeness (QED) is 0.284. The van der Waals surface area contributed by atoms with E-state index in [4.69, 9.17) is 4.74 Å². The van der Waals surface area contributed by atoms with Crippen LogP contribution in [0.1, 0.15) is 68.9 Å². The van der Waals surface area contributed by atoms with E-state index in [9.17, 15) is 13.2 Å². The van der Waals surface area contributed by atoms with Gasteiger partial charge in [-0.25, -0.2) is 4.98 Å². The number of aromatic nitrogens is 2. The second kappa shape index (κ2) is 11.4. The maximum Gasteiger partial charge on any atom is 0.421 e. The Morgan fingerprint density at radius 2 is 1.74 bits per heavy atom. The molecule has 0 bridgehead atoms. The summed E-state index contributed by atoms with van der Waals surface area (Å²) in [5, 5.41) is 5.86. The van der Waals surface area contributed by atoms with Crippen LogP contribution in [0.5, 0.6) is 5.75 Å². The van der Waals surface area contributed by atoms with Gasteiger partial charge in [-0.1, -0.05) is 44.7 Å². The summed E-state index contributed by atoms with van der Waals surface area (Å²) in [6.07, 6.45) is 4.07. The molecule has 35 heavy (non-hydrogen) atoms. The first-order chi connectivity index (χ1) is 16.9. The van der Waals surface area contributed by atoms with Crippen molar-refractivity contribution >= 4 is 23.1 Å². The maximum atomic E-state index is 13.7. The third kappa shape index (κ3) is 6.87. The highest BCUT2D eigenvalue weighted by Gasteiger charge is 2.35. The van der Waals surface area contributed by atoms with Gasteiger partial charge in [-0.05, 0) is 67.1 Å². The van der Waals surface area contributed by atoms with Gasteiger partial charge in [0.05, 0.1) is 6.61 Å². The third-order valence-corrected chi connectivity index (χ3v) is 6.20. The number of rotatable bonds is 10. The standard InChI is InChI=1S/C27H31F3N4O/c1-2-3-6-16-35-23-14-12-21(13-15-23)33-26-31-18-24(27(28,29)30)25(34-26)32-22-11-7-10-20(17-22)19-8-4-5-9-19/h7,10-15,17-19H,2-6,8-9,16H2,1H3,(H2,31,32,33,34). The average Bonchev–Trinajstić information content (AvgIpc) is 3.38. The number of hydrogen-bond donors (Lipinski definition) is 2. The van der Waals surface area contributed by atoms with E-state index < -0.39 is 11.7 Å². The van der Waals surface area contributed by atoms with Gasteiger partial charge in [0.2, 0.25) is 5.95 Å². The van der Waals surface area contributed by atoms with Gasteiger partial charge in [0.25, 0.3) is 0 Å². The minimum atomic E-state index is -4.58. The van der Waals surface area contributed by atoms with Crippen molar-refractivity contribution in [2.75, 3.05) is 17.2 Å². The first-order valence-electron chi connectivity index (χ1n) is 12.2. The number of nitrogens with zero attached hydrogens (tertiary/aromatic N) is 2. The molecular weight excluding hydrogens is 453 g/mol. The van der Waals surface area contributed by atoms with Crippen molar-refractivity contribution in [2.24, 2.45) is 0 Å². The van der Waals surface area contributed by atoms with Gasteiger partial charge in [0.15, 0.2) is 0 Å². The van der Waals surface area contributed by atoms with Gasteiger partial charge in [0.1, 0.15) is 17.1 Å². The molecule has 0 unspecified atom stereocenters. The number of benzene rings is 2. The Morgan fingerprint density at radius 3 is 2.46 bits per heavy atom. The van der Waals surface area contributed by atoms with Gasteiger partial charge in [-0.3, -0.25) is 0 Å². The molecule has 1 aliphatic carbocycles. The average molecular weight is 485 g/mol. The van der Waals surface area contributed by atoms with E-state index >= 15 is 0 Å². The maximum absolute atomic E-state index is 13.7. The first-order valence-corrected chi connectivity index (χ1v) is 12.2. The molecule has 0 radical (unpaired) electrons. The Labute approximate surface area is 204 Å². The number of nitrogens with one attached hydrogen (secondary N) is 2. The molecule has 8 heteroatoms. The minimum Gasteiger partial charge on any atom is -0.494 e. The lowest BCUT2D eigenvalue weighted by Crippen LogP contribution is -2.12. The van der Waals surface area contributed by atoms with E-state index in [-0.39, 0.29) is 11.8 Å². The molecule has 0 amide bonds. The molecular formula is C27H31F3N4O. The molecule has 5 nitrogen and oxygen atoms in total. The van der Waals surface area contributed by atoms with Crippen LogP contribution in [0.4, 0.5) is 36.3 Å². The normalized spacial score (nSPS) is 14.2. The molecule has 1 saturated carbocycles. The highest BCUT2D eigenvalue weighted by atomic mass is 19.4. The third-order valence-electron chi connectivity index (χ3n) is 6.20. The summed E-state index contributed by atoms with van der Waals surface area (Å²) in [5.41, 5.74) is 1.46. The van der Waals surface area contributed by atoms with E-state index in [1.807, 2.05) is 30.3 Å². The minimum absolute atomic E-state index is 0.0732. The molecule has 0 aliphatic heterocycles. The van der Waals surface area contributed by atoms with Crippen LogP contribution >= 0.6 is 0 Å². The lowest BCUT2D eigenvalue weighted by Gasteiger charge is -2.16. The molecule has 1 heterocycles. The summed E-state index contributed by atoms with van der Waals surface area (Å²) >= 11 is 0. The summed E-state index contributed by atoms with van der Waals surface area (Å²) in [7, 11) is 0. The lowest BCUT2D eigenvalue weighted by molar-refractivity contribution is -0.137. The molecule has 0 spiro atoms. The second-order valence-corrected chi connectivity index (χ2v) is 8.89. The number of hydrogen-bond acceptors (Lipinski definition) is 5. The second-order valence-electron chi connectivity index (χ2n) is 8.89. The van der Waals surface area contributed by atoms with Crippen molar-refractivity contribution in [3.63, 3.8) is 0 Å². The van der Waals surface area contributed by atoms with Crippen LogP contribution in [0.15, 0.2) is 54.7 Å². The Morgan fingerprint density at radius 1 is 0.971 bits per heavy atom. The van der Waals surface area contributed by atoms with Crippen molar-refractivity contribution in [1.29, 1.82) is 0 Å². The smallest absolute Gasteiger partial charge is 0.421 e. The molecule has 1 fully saturated rings. The fraction of sp³-hybridized carbons (Fsp3) is 0.407. The molecule has 4 rings (SSSR count).